The van der Waals surface area contributed by atoms with Crippen LogP contribution in [-0.4, -0.2) is 22.0 Å². The molecule has 0 spiro atoms. The summed E-state index contributed by atoms with van der Waals surface area (Å²) in [4.78, 5) is 20.3. The van der Waals surface area contributed by atoms with Crippen molar-refractivity contribution in [1.29, 1.82) is 0 Å². The summed E-state index contributed by atoms with van der Waals surface area (Å²) in [5.41, 5.74) is 5.05. The maximum absolute atomic E-state index is 12.0. The quantitative estimate of drug-likeness (QED) is 0.647. The number of nitrogens with zero attached hydrogens (tertiary/aromatic N) is 2. The molecule has 1 atom stereocenters. The second kappa shape index (κ2) is 7.33. The third-order valence-electron chi connectivity index (χ3n) is 3.59. The number of ether oxygens (including phenoxy) is 1. The summed E-state index contributed by atoms with van der Waals surface area (Å²) in [7, 11) is 0. The molecule has 3 rings (SSSR count). The predicted octanol–water partition coefficient (Wildman–Crippen LogP) is 3.80. The van der Waals surface area contributed by atoms with Crippen molar-refractivity contribution >= 4 is 27.5 Å². The molecule has 0 N–H and O–H groups in total. The van der Waals surface area contributed by atoms with Gasteiger partial charge in [-0.3, -0.25) is 9.78 Å². The number of thiazole rings is 1. The van der Waals surface area contributed by atoms with E-state index in [0.29, 0.717) is 19.3 Å². The summed E-state index contributed by atoms with van der Waals surface area (Å²) >= 11 is 1.61. The number of rotatable bonds is 6. The highest BCUT2D eigenvalue weighted by atomic mass is 32.1. The fraction of sp³-hybridized carbons (Fsp3) is 0.278. The first-order chi connectivity index (χ1) is 11.2. The van der Waals surface area contributed by atoms with E-state index < -0.39 is 0 Å². The van der Waals surface area contributed by atoms with E-state index in [1.54, 1.807) is 23.7 Å². The molecule has 0 bridgehead atoms. The molecule has 0 radical (unpaired) electrons. The SMILES string of the molecule is CC(Cc1cccnc1)OC(=O)CCc1ccc2ncsc2c1. The Labute approximate surface area is 139 Å². The van der Waals surface area contributed by atoms with Gasteiger partial charge in [0.25, 0.3) is 0 Å². The molecular formula is C18H18N2O2S. The van der Waals surface area contributed by atoms with Gasteiger partial charge in [0.1, 0.15) is 6.10 Å². The molecule has 5 heteroatoms. The lowest BCUT2D eigenvalue weighted by Crippen LogP contribution is -2.17. The Morgan fingerprint density at radius 3 is 3.04 bits per heavy atom. The maximum Gasteiger partial charge on any atom is 0.306 e. The third kappa shape index (κ3) is 4.36. The van der Waals surface area contributed by atoms with Crippen LogP contribution in [0.2, 0.25) is 0 Å². The zero-order chi connectivity index (χ0) is 16.1. The Morgan fingerprint density at radius 1 is 1.30 bits per heavy atom. The fourth-order valence-electron chi connectivity index (χ4n) is 2.48. The van der Waals surface area contributed by atoms with Crippen LogP contribution in [0, 0.1) is 0 Å². The molecule has 0 aliphatic rings. The van der Waals surface area contributed by atoms with E-state index in [1.807, 2.05) is 36.7 Å². The molecule has 1 unspecified atom stereocenters. The average molecular weight is 326 g/mol. The van der Waals surface area contributed by atoms with Crippen LogP contribution in [0.15, 0.2) is 48.2 Å². The number of carbonyl (C=O) groups excluding carboxylic acids is 1. The van der Waals surface area contributed by atoms with E-state index in [-0.39, 0.29) is 12.1 Å². The number of pyridine rings is 1. The number of hydrogen-bond acceptors (Lipinski definition) is 5. The summed E-state index contributed by atoms with van der Waals surface area (Å²) < 4.78 is 6.63. The lowest BCUT2D eigenvalue weighted by atomic mass is 10.1. The van der Waals surface area contributed by atoms with Crippen LogP contribution < -0.4 is 0 Å². The normalized spacial score (nSPS) is 12.2. The number of fused-ring (bicyclic) bond motifs is 1. The van der Waals surface area contributed by atoms with E-state index in [2.05, 4.69) is 16.0 Å². The first-order valence-corrected chi connectivity index (χ1v) is 8.49. The highest BCUT2D eigenvalue weighted by Gasteiger charge is 2.11. The standard InChI is InChI=1S/C18H18N2O2S/c1-13(9-15-3-2-8-19-11-15)22-18(21)7-5-14-4-6-16-17(10-14)23-12-20-16/h2-4,6,8,10-13H,5,7,9H2,1H3. The third-order valence-corrected chi connectivity index (χ3v) is 4.38. The fourth-order valence-corrected chi connectivity index (χ4v) is 3.22. The van der Waals surface area contributed by atoms with Crippen LogP contribution in [-0.2, 0) is 22.4 Å². The van der Waals surface area contributed by atoms with Gasteiger partial charge < -0.3 is 4.74 Å². The molecule has 0 aliphatic carbocycles. The first-order valence-electron chi connectivity index (χ1n) is 7.61. The Kier molecular flexibility index (Phi) is 4.98. The van der Waals surface area contributed by atoms with Gasteiger partial charge in [0.05, 0.1) is 15.7 Å². The summed E-state index contributed by atoms with van der Waals surface area (Å²) in [6, 6.07) is 9.99. The largest absolute Gasteiger partial charge is 0.462 e. The van der Waals surface area contributed by atoms with E-state index in [1.165, 1.54) is 0 Å². The molecule has 0 amide bonds. The van der Waals surface area contributed by atoms with Crippen molar-refractivity contribution < 1.29 is 9.53 Å². The van der Waals surface area contributed by atoms with Crippen molar-refractivity contribution in [3.8, 4) is 0 Å². The van der Waals surface area contributed by atoms with Crippen LogP contribution >= 0.6 is 11.3 Å². The Hall–Kier alpha value is -2.27. The van der Waals surface area contributed by atoms with E-state index in [9.17, 15) is 4.79 Å². The van der Waals surface area contributed by atoms with Gasteiger partial charge in [0, 0.05) is 25.2 Å². The molecule has 3 aromatic rings. The molecule has 0 saturated carbocycles. The molecule has 118 valence electrons. The topological polar surface area (TPSA) is 52.1 Å². The minimum Gasteiger partial charge on any atom is -0.462 e. The van der Waals surface area contributed by atoms with Crippen LogP contribution in [0.25, 0.3) is 10.2 Å². The molecule has 1 aromatic carbocycles. The summed E-state index contributed by atoms with van der Waals surface area (Å²) in [5, 5.41) is 0. The van der Waals surface area contributed by atoms with Crippen LogP contribution in [0.1, 0.15) is 24.5 Å². The number of aromatic nitrogens is 2. The first kappa shape index (κ1) is 15.6. The van der Waals surface area contributed by atoms with Crippen molar-refractivity contribution in [3.05, 3.63) is 59.4 Å². The molecule has 0 saturated heterocycles. The number of aryl methyl sites for hydroxylation is 1. The summed E-state index contributed by atoms with van der Waals surface area (Å²) in [6.45, 7) is 1.91. The zero-order valence-corrected chi connectivity index (χ0v) is 13.8. The van der Waals surface area contributed by atoms with Crippen LogP contribution in [0.3, 0.4) is 0 Å². The van der Waals surface area contributed by atoms with Gasteiger partial charge in [-0.1, -0.05) is 12.1 Å². The van der Waals surface area contributed by atoms with Crippen LogP contribution in [0.5, 0.6) is 0 Å². The minimum absolute atomic E-state index is 0.143. The molecule has 2 heterocycles. The molecular weight excluding hydrogens is 308 g/mol. The second-order valence-electron chi connectivity index (χ2n) is 5.52. The second-order valence-corrected chi connectivity index (χ2v) is 6.41. The maximum atomic E-state index is 12.0. The van der Waals surface area contributed by atoms with Crippen molar-refractivity contribution in [2.45, 2.75) is 32.3 Å². The number of benzene rings is 1. The van der Waals surface area contributed by atoms with Gasteiger partial charge in [0.15, 0.2) is 0 Å². The monoisotopic (exact) mass is 326 g/mol. The Balaban J connectivity index is 1.49. The Bertz CT molecular complexity index is 786. The smallest absolute Gasteiger partial charge is 0.306 e. The Morgan fingerprint density at radius 2 is 2.22 bits per heavy atom. The van der Waals surface area contributed by atoms with Crippen molar-refractivity contribution in [2.75, 3.05) is 0 Å². The number of carbonyl (C=O) groups is 1. The minimum atomic E-state index is -0.161. The molecule has 4 nitrogen and oxygen atoms in total. The van der Waals surface area contributed by atoms with E-state index in [0.717, 1.165) is 21.3 Å². The van der Waals surface area contributed by atoms with E-state index >= 15 is 0 Å². The zero-order valence-electron chi connectivity index (χ0n) is 12.9. The number of esters is 1. The van der Waals surface area contributed by atoms with Gasteiger partial charge >= 0.3 is 5.97 Å². The molecule has 0 aliphatic heterocycles. The molecule has 0 fully saturated rings. The van der Waals surface area contributed by atoms with Gasteiger partial charge in [-0.2, -0.15) is 0 Å². The number of hydrogen-bond donors (Lipinski definition) is 0. The van der Waals surface area contributed by atoms with E-state index in [4.69, 9.17) is 4.74 Å². The lowest BCUT2D eigenvalue weighted by molar-refractivity contribution is -0.148. The lowest BCUT2D eigenvalue weighted by Gasteiger charge is -2.13. The van der Waals surface area contributed by atoms with Gasteiger partial charge in [-0.15, -0.1) is 11.3 Å². The molecule has 23 heavy (non-hydrogen) atoms. The highest BCUT2D eigenvalue weighted by molar-refractivity contribution is 7.16. The van der Waals surface area contributed by atoms with Crippen molar-refractivity contribution in [1.82, 2.24) is 9.97 Å². The van der Waals surface area contributed by atoms with Crippen LogP contribution in [0.4, 0.5) is 0 Å². The van der Waals surface area contributed by atoms with Gasteiger partial charge in [-0.05, 0) is 42.7 Å². The summed E-state index contributed by atoms with van der Waals surface area (Å²) in [6.07, 6.45) is 5.16. The predicted molar refractivity (Wildman–Crippen MR) is 91.4 cm³/mol. The van der Waals surface area contributed by atoms with Crippen molar-refractivity contribution in [2.24, 2.45) is 0 Å². The average Bonchev–Trinajstić information content (AvgIpc) is 3.01. The van der Waals surface area contributed by atoms with Crippen molar-refractivity contribution in [3.63, 3.8) is 0 Å². The molecule has 2 aromatic heterocycles. The highest BCUT2D eigenvalue weighted by Crippen LogP contribution is 2.20. The van der Waals surface area contributed by atoms with Gasteiger partial charge in [-0.25, -0.2) is 4.98 Å². The summed E-state index contributed by atoms with van der Waals surface area (Å²) in [5.74, 6) is -0.161. The van der Waals surface area contributed by atoms with Gasteiger partial charge in [0.2, 0.25) is 0 Å².